The molecule has 0 aliphatic rings. The minimum Gasteiger partial charge on any atom is -0.370 e. The molecule has 0 atom stereocenters. The first-order valence-corrected chi connectivity index (χ1v) is 11.3. The third-order valence-corrected chi connectivity index (χ3v) is 5.61. The van der Waals surface area contributed by atoms with E-state index >= 15 is 0 Å². The molecule has 2 amide bonds. The number of halogens is 2. The highest BCUT2D eigenvalue weighted by atomic mass is 35.5. The van der Waals surface area contributed by atoms with Crippen LogP contribution in [0.4, 0.5) is 11.5 Å². The van der Waals surface area contributed by atoms with Crippen LogP contribution in [0.1, 0.15) is 31.1 Å². The van der Waals surface area contributed by atoms with E-state index in [1.807, 2.05) is 0 Å². The van der Waals surface area contributed by atoms with Gasteiger partial charge in [-0.3, -0.25) is 9.59 Å². The number of carbonyl (C=O) groups is 3. The molecule has 0 saturated carbocycles. The highest BCUT2D eigenvalue weighted by Gasteiger charge is 2.17. The lowest BCUT2D eigenvalue weighted by Crippen LogP contribution is -2.18. The molecule has 1 aromatic heterocycles. The molecule has 0 bridgehead atoms. The predicted octanol–water partition coefficient (Wildman–Crippen LogP) is 5.59. The quantitative estimate of drug-likeness (QED) is 0.284. The van der Waals surface area contributed by atoms with Gasteiger partial charge in [0.15, 0.2) is 0 Å². The fourth-order valence-corrected chi connectivity index (χ4v) is 3.70. The summed E-state index contributed by atoms with van der Waals surface area (Å²) in [4.78, 5) is 46.2. The zero-order valence-electron chi connectivity index (χ0n) is 18.5. The Balaban J connectivity index is 1.55. The number of hydrogen-bond donors (Lipinski definition) is 3. The maximum atomic E-state index is 12.9. The van der Waals surface area contributed by atoms with Gasteiger partial charge in [-0.05, 0) is 59.7 Å². The Bertz CT molecular complexity index is 1440. The fourth-order valence-electron chi connectivity index (χ4n) is 3.42. The van der Waals surface area contributed by atoms with Crippen LogP contribution in [0.25, 0.3) is 11.1 Å². The van der Waals surface area contributed by atoms with Crippen LogP contribution < -0.4 is 16.5 Å². The number of hydrogen-bond acceptors (Lipinski definition) is 6. The summed E-state index contributed by atoms with van der Waals surface area (Å²) < 4.78 is 0. The van der Waals surface area contributed by atoms with Crippen LogP contribution in [0.2, 0.25) is 10.0 Å². The predicted molar refractivity (Wildman–Crippen MR) is 138 cm³/mol. The number of aromatic nitrogens is 1. The van der Waals surface area contributed by atoms with Crippen LogP contribution in [-0.2, 0) is 4.84 Å². The molecule has 180 valence electrons. The summed E-state index contributed by atoms with van der Waals surface area (Å²) in [5.41, 5.74) is 2.33. The Kier molecular flexibility index (Phi) is 7.60. The maximum absolute atomic E-state index is 12.9. The molecule has 0 aliphatic carbocycles. The van der Waals surface area contributed by atoms with Crippen molar-refractivity contribution in [3.05, 3.63) is 112 Å². The van der Waals surface area contributed by atoms with E-state index in [0.29, 0.717) is 32.3 Å². The van der Waals surface area contributed by atoms with Gasteiger partial charge in [-0.15, -0.1) is 0 Å². The van der Waals surface area contributed by atoms with Gasteiger partial charge < -0.3 is 15.5 Å². The van der Waals surface area contributed by atoms with Gasteiger partial charge in [0.05, 0.1) is 21.8 Å². The topological polar surface area (TPSA) is 123 Å². The van der Waals surface area contributed by atoms with Gasteiger partial charge in [-0.1, -0.05) is 53.5 Å². The Morgan fingerprint density at radius 1 is 0.778 bits per heavy atom. The van der Waals surface area contributed by atoms with Gasteiger partial charge >= 0.3 is 5.97 Å². The van der Waals surface area contributed by atoms with Crippen molar-refractivity contribution in [2.45, 2.75) is 0 Å². The number of rotatable bonds is 6. The van der Waals surface area contributed by atoms with Crippen LogP contribution in [0, 0.1) is 0 Å². The average Bonchev–Trinajstić information content (AvgIpc) is 2.90. The monoisotopic (exact) mass is 520 g/mol. The van der Waals surface area contributed by atoms with Crippen molar-refractivity contribution in [1.29, 1.82) is 0 Å². The summed E-state index contributed by atoms with van der Waals surface area (Å²) in [7, 11) is 0. The molecule has 1 heterocycles. The van der Waals surface area contributed by atoms with E-state index in [1.54, 1.807) is 66.7 Å². The highest BCUT2D eigenvalue weighted by Crippen LogP contribution is 2.26. The summed E-state index contributed by atoms with van der Waals surface area (Å²) in [5, 5.41) is 6.13. The molecule has 0 unspecified atom stereocenters. The number of nitrogens with one attached hydrogen (secondary N) is 2. The summed E-state index contributed by atoms with van der Waals surface area (Å²) in [6.07, 6.45) is 1.40. The van der Waals surface area contributed by atoms with Crippen LogP contribution in [0.3, 0.4) is 0 Å². The zero-order chi connectivity index (χ0) is 25.7. The molecule has 0 spiro atoms. The minimum atomic E-state index is -0.672. The van der Waals surface area contributed by atoms with E-state index in [2.05, 4.69) is 20.5 Å². The molecule has 3 aromatic carbocycles. The lowest BCUT2D eigenvalue weighted by molar-refractivity contribution is 0.0504. The van der Waals surface area contributed by atoms with Crippen LogP contribution in [-0.4, -0.2) is 22.8 Å². The first-order chi connectivity index (χ1) is 17.4. The molecular weight excluding hydrogens is 503 g/mol. The van der Waals surface area contributed by atoms with E-state index in [-0.39, 0.29) is 17.1 Å². The zero-order valence-corrected chi connectivity index (χ0v) is 20.0. The Labute approximate surface area is 216 Å². The van der Waals surface area contributed by atoms with Gasteiger partial charge in [0.1, 0.15) is 5.82 Å². The van der Waals surface area contributed by atoms with Crippen molar-refractivity contribution in [3.63, 3.8) is 0 Å². The van der Waals surface area contributed by atoms with Crippen molar-refractivity contribution in [2.75, 3.05) is 10.6 Å². The number of amides is 2. The fraction of sp³-hybridized carbons (Fsp3) is 0. The Morgan fingerprint density at radius 3 is 2.19 bits per heavy atom. The summed E-state index contributed by atoms with van der Waals surface area (Å²) in [6.45, 7) is 0. The smallest absolute Gasteiger partial charge is 0.357 e. The van der Waals surface area contributed by atoms with Crippen molar-refractivity contribution in [1.82, 2.24) is 4.98 Å². The van der Waals surface area contributed by atoms with Crippen molar-refractivity contribution < 1.29 is 19.2 Å². The van der Waals surface area contributed by atoms with Gasteiger partial charge in [-0.2, -0.15) is 5.90 Å². The molecule has 0 fully saturated rings. The second-order valence-electron chi connectivity index (χ2n) is 7.49. The number of pyridine rings is 1. The SMILES string of the molecule is NOC(=O)c1ccccc1-c1ccc(C(=O)Nc2ccc(Cl)cc2C(=O)Nc2ccc(Cl)cn2)cc1. The lowest BCUT2D eigenvalue weighted by atomic mass is 9.98. The molecule has 8 nitrogen and oxygen atoms in total. The Morgan fingerprint density at radius 2 is 1.50 bits per heavy atom. The molecule has 10 heteroatoms. The number of nitrogens with two attached hydrogens (primary N) is 1. The number of carbonyl (C=O) groups excluding carboxylic acids is 3. The molecule has 0 saturated heterocycles. The first kappa shape index (κ1) is 24.9. The molecule has 0 radical (unpaired) electrons. The van der Waals surface area contributed by atoms with Crippen LogP contribution >= 0.6 is 23.2 Å². The molecule has 4 N–H and O–H groups in total. The second kappa shape index (κ2) is 11.0. The lowest BCUT2D eigenvalue weighted by Gasteiger charge is -2.12. The van der Waals surface area contributed by atoms with Gasteiger partial charge in [0.25, 0.3) is 11.8 Å². The van der Waals surface area contributed by atoms with E-state index in [9.17, 15) is 14.4 Å². The Hall–Kier alpha value is -4.24. The molecular formula is C26H18Cl2N4O4. The largest absolute Gasteiger partial charge is 0.370 e. The highest BCUT2D eigenvalue weighted by molar-refractivity contribution is 6.31. The van der Waals surface area contributed by atoms with E-state index in [4.69, 9.17) is 29.1 Å². The summed E-state index contributed by atoms with van der Waals surface area (Å²) >= 11 is 11.9. The maximum Gasteiger partial charge on any atom is 0.357 e. The van der Waals surface area contributed by atoms with E-state index in [0.717, 1.165) is 0 Å². The van der Waals surface area contributed by atoms with Gasteiger partial charge in [0.2, 0.25) is 0 Å². The summed E-state index contributed by atoms with van der Waals surface area (Å²) in [5.74, 6) is 3.69. The minimum absolute atomic E-state index is 0.151. The van der Waals surface area contributed by atoms with Crippen molar-refractivity contribution >= 4 is 52.5 Å². The van der Waals surface area contributed by atoms with Crippen LogP contribution in [0.5, 0.6) is 0 Å². The van der Waals surface area contributed by atoms with Crippen molar-refractivity contribution in [2.24, 2.45) is 5.90 Å². The van der Waals surface area contributed by atoms with E-state index < -0.39 is 17.8 Å². The second-order valence-corrected chi connectivity index (χ2v) is 8.36. The standard InChI is InChI=1S/C26H18Cl2N4O4/c27-17-9-11-22(21(13-17)25(34)32-23-12-10-18(28)14-30-23)31-24(33)16-7-5-15(6-8-16)19-3-1-2-4-20(19)26(35)36-29/h1-14H,29H2,(H,31,33)(H,30,32,34). The molecule has 36 heavy (non-hydrogen) atoms. The third-order valence-electron chi connectivity index (χ3n) is 5.16. The molecule has 4 aromatic rings. The van der Waals surface area contributed by atoms with Crippen LogP contribution in [0.15, 0.2) is 85.1 Å². The van der Waals surface area contributed by atoms with Gasteiger partial charge in [0, 0.05) is 16.8 Å². The first-order valence-electron chi connectivity index (χ1n) is 10.5. The number of anilines is 2. The molecule has 4 rings (SSSR count). The molecule has 0 aliphatic heterocycles. The number of nitrogens with zero attached hydrogens (tertiary/aromatic N) is 1. The third kappa shape index (κ3) is 5.69. The number of benzene rings is 3. The average molecular weight is 521 g/mol. The normalized spacial score (nSPS) is 10.4. The van der Waals surface area contributed by atoms with Gasteiger partial charge in [-0.25, -0.2) is 9.78 Å². The summed E-state index contributed by atoms with van der Waals surface area (Å²) in [6, 6.07) is 21.1. The van der Waals surface area contributed by atoms with E-state index in [1.165, 1.54) is 18.3 Å². The van der Waals surface area contributed by atoms with Crippen molar-refractivity contribution in [3.8, 4) is 11.1 Å².